The Morgan fingerprint density at radius 1 is 1.23 bits per heavy atom. The summed E-state index contributed by atoms with van der Waals surface area (Å²) >= 11 is 0. The van der Waals surface area contributed by atoms with E-state index in [4.69, 9.17) is 10.5 Å². The Kier molecular flexibility index (Phi) is 6.70. The van der Waals surface area contributed by atoms with Gasteiger partial charge in [0.15, 0.2) is 6.61 Å². The van der Waals surface area contributed by atoms with Gasteiger partial charge in [-0.1, -0.05) is 18.2 Å². The number of aryl methyl sites for hydroxylation is 1. The van der Waals surface area contributed by atoms with E-state index in [0.29, 0.717) is 24.2 Å². The van der Waals surface area contributed by atoms with Crippen molar-refractivity contribution in [3.05, 3.63) is 36.7 Å². The lowest BCUT2D eigenvalue weighted by Crippen LogP contribution is -2.19. The number of halogens is 4. The van der Waals surface area contributed by atoms with Crippen LogP contribution in [0.15, 0.2) is 36.7 Å². The van der Waals surface area contributed by atoms with Gasteiger partial charge in [0.25, 0.3) is 0 Å². The van der Waals surface area contributed by atoms with Crippen molar-refractivity contribution in [1.29, 1.82) is 0 Å². The minimum Gasteiger partial charge on any atom is -0.483 e. The first-order valence-corrected chi connectivity index (χ1v) is 6.51. The first-order chi connectivity index (χ1) is 9.99. The van der Waals surface area contributed by atoms with Crippen LogP contribution in [0.2, 0.25) is 0 Å². The quantitative estimate of drug-likeness (QED) is 0.881. The Labute approximate surface area is 132 Å². The molecule has 1 aromatic heterocycles. The van der Waals surface area contributed by atoms with Crippen LogP contribution in [-0.4, -0.2) is 29.1 Å². The van der Waals surface area contributed by atoms with Crippen LogP contribution in [0.1, 0.15) is 6.42 Å². The van der Waals surface area contributed by atoms with Gasteiger partial charge in [-0.3, -0.25) is 4.68 Å². The number of para-hydroxylation sites is 1. The smallest absolute Gasteiger partial charge is 0.422 e. The average Bonchev–Trinajstić information content (AvgIpc) is 2.91. The van der Waals surface area contributed by atoms with Gasteiger partial charge in [-0.05, 0) is 19.0 Å². The molecule has 2 aromatic rings. The highest BCUT2D eigenvalue weighted by Gasteiger charge is 2.28. The summed E-state index contributed by atoms with van der Waals surface area (Å²) in [5.74, 6) is 0.188. The van der Waals surface area contributed by atoms with Crippen LogP contribution in [-0.2, 0) is 6.54 Å². The van der Waals surface area contributed by atoms with Gasteiger partial charge < -0.3 is 10.5 Å². The topological polar surface area (TPSA) is 53.1 Å². The molecule has 0 aliphatic carbocycles. The normalized spacial score (nSPS) is 11.1. The maximum Gasteiger partial charge on any atom is 0.422 e. The molecule has 0 aliphatic heterocycles. The van der Waals surface area contributed by atoms with Crippen LogP contribution in [0, 0.1) is 0 Å². The van der Waals surface area contributed by atoms with Crippen molar-refractivity contribution in [2.45, 2.75) is 19.1 Å². The number of hydrogen-bond donors (Lipinski definition) is 1. The third kappa shape index (κ3) is 5.23. The number of alkyl halides is 3. The third-order valence-corrected chi connectivity index (χ3v) is 2.81. The van der Waals surface area contributed by atoms with Gasteiger partial charge in [0.2, 0.25) is 0 Å². The lowest BCUT2D eigenvalue weighted by Gasteiger charge is -2.12. The fourth-order valence-corrected chi connectivity index (χ4v) is 1.87. The van der Waals surface area contributed by atoms with E-state index in [2.05, 4.69) is 5.10 Å². The number of ether oxygens (including phenoxy) is 1. The van der Waals surface area contributed by atoms with Gasteiger partial charge in [-0.25, -0.2) is 0 Å². The van der Waals surface area contributed by atoms with Crippen LogP contribution < -0.4 is 10.5 Å². The third-order valence-electron chi connectivity index (χ3n) is 2.81. The fraction of sp³-hybridized carbons (Fsp3) is 0.357. The number of rotatable bonds is 6. The van der Waals surface area contributed by atoms with E-state index in [1.54, 1.807) is 35.3 Å². The summed E-state index contributed by atoms with van der Waals surface area (Å²) in [5, 5.41) is 4.16. The molecule has 122 valence electrons. The molecule has 4 nitrogen and oxygen atoms in total. The van der Waals surface area contributed by atoms with Gasteiger partial charge in [0.05, 0.1) is 6.20 Å². The summed E-state index contributed by atoms with van der Waals surface area (Å²) in [7, 11) is 0. The Bertz CT molecular complexity index is 587. The van der Waals surface area contributed by atoms with E-state index in [9.17, 15) is 13.2 Å². The van der Waals surface area contributed by atoms with Gasteiger partial charge in [0, 0.05) is 23.9 Å². The number of nitrogens with zero attached hydrogens (tertiary/aromatic N) is 2. The molecule has 0 aliphatic rings. The molecule has 0 saturated heterocycles. The van der Waals surface area contributed by atoms with Gasteiger partial charge in [-0.2, -0.15) is 18.3 Å². The number of benzene rings is 1. The largest absolute Gasteiger partial charge is 0.483 e. The molecule has 2 N–H and O–H groups in total. The van der Waals surface area contributed by atoms with E-state index < -0.39 is 12.8 Å². The Balaban J connectivity index is 0.00000242. The van der Waals surface area contributed by atoms with Crippen LogP contribution >= 0.6 is 12.4 Å². The lowest BCUT2D eigenvalue weighted by atomic mass is 10.1. The van der Waals surface area contributed by atoms with Crippen molar-refractivity contribution in [3.8, 4) is 16.9 Å². The zero-order chi connectivity index (χ0) is 15.3. The molecule has 1 heterocycles. The summed E-state index contributed by atoms with van der Waals surface area (Å²) in [6.45, 7) is -0.0894. The second kappa shape index (κ2) is 8.05. The van der Waals surface area contributed by atoms with E-state index in [0.717, 1.165) is 6.42 Å². The first kappa shape index (κ1) is 18.3. The molecule has 0 atom stereocenters. The zero-order valence-corrected chi connectivity index (χ0v) is 12.5. The molecule has 8 heteroatoms. The molecule has 0 saturated carbocycles. The molecule has 0 amide bonds. The number of hydrogen-bond acceptors (Lipinski definition) is 3. The minimum absolute atomic E-state index is 0. The molecule has 2 rings (SSSR count). The first-order valence-electron chi connectivity index (χ1n) is 6.51. The molecule has 1 aromatic carbocycles. The SMILES string of the molecule is Cl.NCCCn1cc(-c2ccccc2OCC(F)(F)F)cn1. The van der Waals surface area contributed by atoms with Crippen LogP contribution in [0.5, 0.6) is 5.75 Å². The minimum atomic E-state index is -4.36. The molecule has 0 radical (unpaired) electrons. The standard InChI is InChI=1S/C14H16F3N3O.ClH/c15-14(16,17)10-21-13-5-2-1-4-12(13)11-8-19-20(9-11)7-3-6-18;/h1-2,4-5,8-9H,3,6-7,10,18H2;1H. The van der Waals surface area contributed by atoms with E-state index in [-0.39, 0.29) is 18.2 Å². The van der Waals surface area contributed by atoms with Gasteiger partial charge >= 0.3 is 6.18 Å². The summed E-state index contributed by atoms with van der Waals surface area (Å²) < 4.78 is 43.4. The summed E-state index contributed by atoms with van der Waals surface area (Å²) in [5.41, 5.74) is 6.73. The molecule has 22 heavy (non-hydrogen) atoms. The predicted molar refractivity (Wildman–Crippen MR) is 80.1 cm³/mol. The molecule has 0 spiro atoms. The Morgan fingerprint density at radius 3 is 2.64 bits per heavy atom. The highest BCUT2D eigenvalue weighted by molar-refractivity contribution is 5.85. The average molecular weight is 336 g/mol. The van der Waals surface area contributed by atoms with Crippen LogP contribution in [0.4, 0.5) is 13.2 Å². The summed E-state index contributed by atoms with van der Waals surface area (Å²) in [6, 6.07) is 6.59. The highest BCUT2D eigenvalue weighted by Crippen LogP contribution is 2.30. The lowest BCUT2D eigenvalue weighted by molar-refractivity contribution is -0.153. The predicted octanol–water partition coefficient (Wildman–Crippen LogP) is 3.26. The summed E-state index contributed by atoms with van der Waals surface area (Å²) in [4.78, 5) is 0. The second-order valence-corrected chi connectivity index (χ2v) is 4.53. The Hall–Kier alpha value is -1.73. The molecular formula is C14H17ClF3N3O. The number of nitrogens with two attached hydrogens (primary N) is 1. The van der Waals surface area contributed by atoms with E-state index >= 15 is 0 Å². The van der Waals surface area contributed by atoms with E-state index in [1.807, 2.05) is 0 Å². The van der Waals surface area contributed by atoms with Crippen LogP contribution in [0.25, 0.3) is 11.1 Å². The van der Waals surface area contributed by atoms with Gasteiger partial charge in [0.1, 0.15) is 5.75 Å². The molecule has 0 unspecified atom stereocenters. The molecular weight excluding hydrogens is 319 g/mol. The second-order valence-electron chi connectivity index (χ2n) is 4.53. The highest BCUT2D eigenvalue weighted by atomic mass is 35.5. The van der Waals surface area contributed by atoms with Crippen molar-refractivity contribution in [2.75, 3.05) is 13.2 Å². The monoisotopic (exact) mass is 335 g/mol. The Morgan fingerprint density at radius 2 is 1.95 bits per heavy atom. The maximum absolute atomic E-state index is 12.3. The fourth-order valence-electron chi connectivity index (χ4n) is 1.87. The van der Waals surface area contributed by atoms with Crippen molar-refractivity contribution in [3.63, 3.8) is 0 Å². The molecule has 0 bridgehead atoms. The van der Waals surface area contributed by atoms with Crippen molar-refractivity contribution < 1.29 is 17.9 Å². The van der Waals surface area contributed by atoms with Crippen LogP contribution in [0.3, 0.4) is 0 Å². The number of aromatic nitrogens is 2. The van der Waals surface area contributed by atoms with E-state index in [1.165, 1.54) is 6.07 Å². The molecule has 0 fully saturated rings. The summed E-state index contributed by atoms with van der Waals surface area (Å²) in [6.07, 6.45) is -0.205. The van der Waals surface area contributed by atoms with Crippen molar-refractivity contribution >= 4 is 12.4 Å². The zero-order valence-electron chi connectivity index (χ0n) is 11.7. The van der Waals surface area contributed by atoms with Crippen molar-refractivity contribution in [2.24, 2.45) is 5.73 Å². The van der Waals surface area contributed by atoms with Crippen molar-refractivity contribution in [1.82, 2.24) is 9.78 Å². The maximum atomic E-state index is 12.3. The van der Waals surface area contributed by atoms with Gasteiger partial charge in [-0.15, -0.1) is 12.4 Å².